The molecule has 0 radical (unpaired) electrons. The lowest BCUT2D eigenvalue weighted by molar-refractivity contribution is -0.385. The molecule has 0 aliphatic carbocycles. The van der Waals surface area contributed by atoms with Gasteiger partial charge in [0.05, 0.1) is 4.92 Å². The van der Waals surface area contributed by atoms with Crippen LogP contribution in [0.5, 0.6) is 0 Å². The molecule has 0 unspecified atom stereocenters. The van der Waals surface area contributed by atoms with Gasteiger partial charge in [0.2, 0.25) is 0 Å². The third-order valence-corrected chi connectivity index (χ3v) is 2.08. The molecule has 0 saturated heterocycles. The molecule has 0 bridgehead atoms. The van der Waals surface area contributed by atoms with Crippen LogP contribution in [-0.2, 0) is 6.42 Å². The van der Waals surface area contributed by atoms with Gasteiger partial charge in [-0.25, -0.2) is 0 Å². The number of nitrogens with zero attached hydrogens (tertiary/aromatic N) is 1. The minimum absolute atomic E-state index is 0.152. The Balaban J connectivity index is 3.13. The van der Waals surface area contributed by atoms with Crippen molar-refractivity contribution in [1.82, 2.24) is 0 Å². The summed E-state index contributed by atoms with van der Waals surface area (Å²) in [7, 11) is 0. The molecule has 1 aromatic rings. The van der Waals surface area contributed by atoms with E-state index in [1.165, 1.54) is 6.07 Å². The normalized spacial score (nSPS) is 11.5. The third-order valence-electron chi connectivity index (χ3n) is 2.08. The summed E-state index contributed by atoms with van der Waals surface area (Å²) >= 11 is 0. The molecule has 0 spiro atoms. The minimum atomic E-state index is -0.432. The van der Waals surface area contributed by atoms with E-state index in [4.69, 9.17) is 5.73 Å². The maximum atomic E-state index is 10.8. The van der Waals surface area contributed by atoms with Crippen molar-refractivity contribution in [3.63, 3.8) is 0 Å². The monoisotopic (exact) mass is 208 g/mol. The lowest BCUT2D eigenvalue weighted by Gasteiger charge is -2.18. The molecule has 0 atom stereocenters. The Labute approximate surface area is 89.2 Å². The van der Waals surface area contributed by atoms with Crippen molar-refractivity contribution in [2.45, 2.75) is 32.7 Å². The first-order valence-corrected chi connectivity index (χ1v) is 4.82. The molecule has 0 heterocycles. The molecule has 4 heteroatoms. The highest BCUT2D eigenvalue weighted by Crippen LogP contribution is 2.23. The number of hydrogen-bond donors (Lipinski definition) is 1. The van der Waals surface area contributed by atoms with Gasteiger partial charge in [-0.3, -0.25) is 10.1 Å². The molecular weight excluding hydrogens is 192 g/mol. The second-order valence-corrected chi connectivity index (χ2v) is 4.55. The van der Waals surface area contributed by atoms with E-state index < -0.39 is 5.54 Å². The lowest BCUT2D eigenvalue weighted by Crippen LogP contribution is -2.34. The fourth-order valence-electron chi connectivity index (χ4n) is 1.52. The molecule has 15 heavy (non-hydrogen) atoms. The number of benzene rings is 1. The quantitative estimate of drug-likeness (QED) is 0.611. The van der Waals surface area contributed by atoms with Crippen LogP contribution >= 0.6 is 0 Å². The van der Waals surface area contributed by atoms with Crippen LogP contribution in [0.4, 0.5) is 5.69 Å². The number of nitro benzene ring substituents is 1. The van der Waals surface area contributed by atoms with Crippen LogP contribution in [0.2, 0.25) is 0 Å². The van der Waals surface area contributed by atoms with E-state index in [0.29, 0.717) is 12.0 Å². The van der Waals surface area contributed by atoms with Gasteiger partial charge in [-0.1, -0.05) is 11.6 Å². The van der Waals surface area contributed by atoms with E-state index in [9.17, 15) is 10.1 Å². The third kappa shape index (κ3) is 3.32. The van der Waals surface area contributed by atoms with Crippen LogP contribution in [0, 0.1) is 17.0 Å². The summed E-state index contributed by atoms with van der Waals surface area (Å²) in [5, 5.41) is 10.8. The second kappa shape index (κ2) is 3.98. The average molecular weight is 208 g/mol. The zero-order chi connectivity index (χ0) is 11.6. The number of hydrogen-bond acceptors (Lipinski definition) is 3. The van der Waals surface area contributed by atoms with Crippen molar-refractivity contribution in [3.05, 3.63) is 39.4 Å². The van der Waals surface area contributed by atoms with Gasteiger partial charge in [0, 0.05) is 17.2 Å². The Kier molecular flexibility index (Phi) is 3.09. The highest BCUT2D eigenvalue weighted by Gasteiger charge is 2.19. The zero-order valence-electron chi connectivity index (χ0n) is 9.28. The molecule has 82 valence electrons. The predicted octanol–water partition coefficient (Wildman–Crippen LogP) is 2.18. The predicted molar refractivity (Wildman–Crippen MR) is 59.8 cm³/mol. The van der Waals surface area contributed by atoms with Crippen LogP contribution in [0.3, 0.4) is 0 Å². The van der Waals surface area contributed by atoms with Gasteiger partial charge in [0.1, 0.15) is 0 Å². The molecule has 0 aliphatic heterocycles. The van der Waals surface area contributed by atoms with E-state index >= 15 is 0 Å². The Morgan fingerprint density at radius 2 is 2.07 bits per heavy atom. The first kappa shape index (κ1) is 11.7. The molecule has 0 aliphatic rings. The molecule has 4 nitrogen and oxygen atoms in total. The molecule has 0 fully saturated rings. The summed E-state index contributed by atoms with van der Waals surface area (Å²) in [6.07, 6.45) is 0.505. The zero-order valence-corrected chi connectivity index (χ0v) is 9.28. The molecule has 1 aromatic carbocycles. The maximum absolute atomic E-state index is 10.8. The number of rotatable bonds is 3. The van der Waals surface area contributed by atoms with Crippen LogP contribution < -0.4 is 5.73 Å². The molecule has 0 aromatic heterocycles. The number of nitro groups is 1. The molecule has 1 rings (SSSR count). The van der Waals surface area contributed by atoms with Gasteiger partial charge in [-0.2, -0.15) is 0 Å². The largest absolute Gasteiger partial charge is 0.325 e. The van der Waals surface area contributed by atoms with Crippen molar-refractivity contribution in [2.24, 2.45) is 5.73 Å². The topological polar surface area (TPSA) is 69.2 Å². The minimum Gasteiger partial charge on any atom is -0.325 e. The summed E-state index contributed by atoms with van der Waals surface area (Å²) in [6.45, 7) is 5.63. The van der Waals surface area contributed by atoms with Crippen molar-refractivity contribution >= 4 is 5.69 Å². The smallest absolute Gasteiger partial charge is 0.272 e. The lowest BCUT2D eigenvalue weighted by atomic mass is 9.94. The SMILES string of the molecule is Cc1ccc([N+](=O)[O-])c(CC(C)(C)N)c1. The Bertz CT molecular complexity index is 381. The molecule has 0 amide bonds. The summed E-state index contributed by atoms with van der Waals surface area (Å²) < 4.78 is 0. The van der Waals surface area contributed by atoms with Crippen molar-refractivity contribution < 1.29 is 4.92 Å². The second-order valence-electron chi connectivity index (χ2n) is 4.55. The van der Waals surface area contributed by atoms with Gasteiger partial charge >= 0.3 is 0 Å². The van der Waals surface area contributed by atoms with Gasteiger partial charge < -0.3 is 5.73 Å². The summed E-state index contributed by atoms with van der Waals surface area (Å²) in [4.78, 5) is 10.4. The summed E-state index contributed by atoms with van der Waals surface area (Å²) in [5.41, 5.74) is 7.30. The van der Waals surface area contributed by atoms with Crippen molar-refractivity contribution in [2.75, 3.05) is 0 Å². The average Bonchev–Trinajstić information content (AvgIpc) is 1.99. The summed E-state index contributed by atoms with van der Waals surface area (Å²) in [5.74, 6) is 0. The van der Waals surface area contributed by atoms with Crippen LogP contribution in [0.25, 0.3) is 0 Å². The molecule has 0 saturated carbocycles. The van der Waals surface area contributed by atoms with Gasteiger partial charge in [0.15, 0.2) is 0 Å². The van der Waals surface area contributed by atoms with Crippen molar-refractivity contribution in [1.29, 1.82) is 0 Å². The fraction of sp³-hybridized carbons (Fsp3) is 0.455. The van der Waals surface area contributed by atoms with E-state index in [2.05, 4.69) is 0 Å². The van der Waals surface area contributed by atoms with Crippen LogP contribution in [0.15, 0.2) is 18.2 Å². The van der Waals surface area contributed by atoms with E-state index in [0.717, 1.165) is 5.56 Å². The van der Waals surface area contributed by atoms with E-state index in [-0.39, 0.29) is 10.6 Å². The number of nitrogens with two attached hydrogens (primary N) is 1. The van der Waals surface area contributed by atoms with Crippen LogP contribution in [-0.4, -0.2) is 10.5 Å². The van der Waals surface area contributed by atoms with Crippen LogP contribution in [0.1, 0.15) is 25.0 Å². The van der Waals surface area contributed by atoms with Gasteiger partial charge in [-0.15, -0.1) is 0 Å². The molecular formula is C11H16N2O2. The Morgan fingerprint density at radius 1 is 1.47 bits per heavy atom. The Hall–Kier alpha value is -1.42. The van der Waals surface area contributed by atoms with Gasteiger partial charge in [-0.05, 0) is 33.3 Å². The first-order valence-electron chi connectivity index (χ1n) is 4.82. The maximum Gasteiger partial charge on any atom is 0.272 e. The Morgan fingerprint density at radius 3 is 2.53 bits per heavy atom. The van der Waals surface area contributed by atoms with Gasteiger partial charge in [0.25, 0.3) is 5.69 Å². The molecule has 2 N–H and O–H groups in total. The highest BCUT2D eigenvalue weighted by molar-refractivity contribution is 5.43. The standard InChI is InChI=1S/C11H16N2O2/c1-8-4-5-10(13(14)15)9(6-8)7-11(2,3)12/h4-6H,7,12H2,1-3H3. The fourth-order valence-corrected chi connectivity index (χ4v) is 1.52. The first-order chi connectivity index (χ1) is 6.79. The van der Waals surface area contributed by atoms with E-state index in [1.54, 1.807) is 6.07 Å². The highest BCUT2D eigenvalue weighted by atomic mass is 16.6. The number of aryl methyl sites for hydroxylation is 1. The summed E-state index contributed by atoms with van der Waals surface area (Å²) in [6, 6.07) is 5.11. The van der Waals surface area contributed by atoms with Crippen molar-refractivity contribution in [3.8, 4) is 0 Å². The van der Waals surface area contributed by atoms with E-state index in [1.807, 2.05) is 26.8 Å².